The van der Waals surface area contributed by atoms with Gasteiger partial charge in [-0.2, -0.15) is 0 Å². The lowest BCUT2D eigenvalue weighted by molar-refractivity contribution is -0.0451. The van der Waals surface area contributed by atoms with Gasteiger partial charge in [0.2, 0.25) is 0 Å². The van der Waals surface area contributed by atoms with E-state index < -0.39 is 11.2 Å². The van der Waals surface area contributed by atoms with Crippen molar-refractivity contribution in [1.82, 2.24) is 4.90 Å². The molecule has 0 radical (unpaired) electrons. The average molecular weight is 320 g/mol. The molecule has 2 rings (SSSR count). The maximum atomic E-state index is 12.1. The smallest absolute Gasteiger partial charge is 0.410 e. The van der Waals surface area contributed by atoms with Gasteiger partial charge >= 0.3 is 6.09 Å². The Labute approximate surface area is 138 Å². The van der Waals surface area contributed by atoms with Crippen molar-refractivity contribution in [1.29, 1.82) is 0 Å². The van der Waals surface area contributed by atoms with Crippen molar-refractivity contribution in [2.75, 3.05) is 19.6 Å². The summed E-state index contributed by atoms with van der Waals surface area (Å²) in [5.74, 6) is 0.0357. The molecule has 0 bridgehead atoms. The third-order valence-corrected chi connectivity index (χ3v) is 4.41. The number of likely N-dealkylation sites (tertiary alicyclic amines) is 1. The lowest BCUT2D eigenvalue weighted by atomic mass is 9.76. The summed E-state index contributed by atoms with van der Waals surface area (Å²) in [6.45, 7) is 6.91. The first-order valence-electron chi connectivity index (χ1n) is 8.22. The monoisotopic (exact) mass is 320 g/mol. The zero-order chi connectivity index (χ0) is 17.1. The van der Waals surface area contributed by atoms with E-state index >= 15 is 0 Å². The molecular weight excluding hydrogens is 292 g/mol. The van der Waals surface area contributed by atoms with Crippen molar-refractivity contribution in [3.8, 4) is 0 Å². The van der Waals surface area contributed by atoms with Crippen LogP contribution >= 0.6 is 0 Å². The first kappa shape index (κ1) is 17.8. The minimum atomic E-state index is -1.04. The number of nitrogens with two attached hydrogens (primary N) is 1. The van der Waals surface area contributed by atoms with Gasteiger partial charge in [0.1, 0.15) is 11.2 Å². The molecule has 0 saturated carbocycles. The minimum Gasteiger partial charge on any atom is -0.444 e. The molecule has 0 aromatic heterocycles. The van der Waals surface area contributed by atoms with Gasteiger partial charge in [0.15, 0.2) is 0 Å². The van der Waals surface area contributed by atoms with E-state index in [0.29, 0.717) is 25.9 Å². The second-order valence-corrected chi connectivity index (χ2v) is 7.24. The molecule has 0 aliphatic carbocycles. The lowest BCUT2D eigenvalue weighted by Crippen LogP contribution is -2.49. The molecule has 1 atom stereocenters. The first-order chi connectivity index (χ1) is 10.8. The maximum absolute atomic E-state index is 12.1. The highest BCUT2D eigenvalue weighted by Gasteiger charge is 2.40. The number of nitrogens with zero attached hydrogens (tertiary/aromatic N) is 1. The molecule has 1 aliphatic heterocycles. The van der Waals surface area contributed by atoms with Crippen LogP contribution in [0, 0.1) is 5.92 Å². The molecule has 5 heteroatoms. The molecular formula is C18H28N2O3. The van der Waals surface area contributed by atoms with Crippen molar-refractivity contribution in [3.63, 3.8) is 0 Å². The SMILES string of the molecule is CC(C)(C)OC(=O)N1CCC([C@](O)(CN)c2ccccc2)CC1. The van der Waals surface area contributed by atoms with E-state index in [2.05, 4.69) is 0 Å². The largest absolute Gasteiger partial charge is 0.444 e. The van der Waals surface area contributed by atoms with Crippen molar-refractivity contribution in [2.45, 2.75) is 44.8 Å². The normalized spacial score (nSPS) is 19.3. The van der Waals surface area contributed by atoms with Gasteiger partial charge < -0.3 is 20.5 Å². The molecule has 1 amide bonds. The number of hydrogen-bond acceptors (Lipinski definition) is 4. The van der Waals surface area contributed by atoms with Crippen molar-refractivity contribution in [3.05, 3.63) is 35.9 Å². The highest BCUT2D eigenvalue weighted by atomic mass is 16.6. The van der Waals surface area contributed by atoms with Crippen LogP contribution in [0.3, 0.4) is 0 Å². The maximum Gasteiger partial charge on any atom is 0.410 e. The van der Waals surface area contributed by atoms with E-state index in [9.17, 15) is 9.90 Å². The fraction of sp³-hybridized carbons (Fsp3) is 0.611. The van der Waals surface area contributed by atoms with E-state index in [0.717, 1.165) is 5.56 Å². The number of carbonyl (C=O) groups excluding carboxylic acids is 1. The lowest BCUT2D eigenvalue weighted by Gasteiger charge is -2.41. The van der Waals surface area contributed by atoms with Crippen LogP contribution in [0.1, 0.15) is 39.2 Å². The molecule has 5 nitrogen and oxygen atoms in total. The molecule has 1 heterocycles. The van der Waals surface area contributed by atoms with Crippen LogP contribution in [-0.4, -0.2) is 41.3 Å². The molecule has 0 unspecified atom stereocenters. The Morgan fingerprint density at radius 1 is 1.26 bits per heavy atom. The Morgan fingerprint density at radius 2 is 1.83 bits per heavy atom. The van der Waals surface area contributed by atoms with E-state index in [1.54, 1.807) is 4.90 Å². The molecule has 1 aromatic carbocycles. The average Bonchev–Trinajstić information content (AvgIpc) is 2.53. The van der Waals surface area contributed by atoms with Crippen LogP contribution in [0.25, 0.3) is 0 Å². The molecule has 1 fully saturated rings. The minimum absolute atomic E-state index is 0.0357. The summed E-state index contributed by atoms with van der Waals surface area (Å²) in [7, 11) is 0. The first-order valence-corrected chi connectivity index (χ1v) is 8.22. The Bertz CT molecular complexity index is 519. The van der Waals surface area contributed by atoms with Crippen molar-refractivity contribution >= 4 is 6.09 Å². The van der Waals surface area contributed by atoms with E-state index in [4.69, 9.17) is 10.5 Å². The van der Waals surface area contributed by atoms with Gasteiger partial charge in [0.05, 0.1) is 0 Å². The van der Waals surface area contributed by atoms with Crippen molar-refractivity contribution < 1.29 is 14.6 Å². The zero-order valence-electron chi connectivity index (χ0n) is 14.3. The van der Waals surface area contributed by atoms with Crippen LogP contribution in [0.5, 0.6) is 0 Å². The summed E-state index contributed by atoms with van der Waals surface area (Å²) < 4.78 is 5.41. The van der Waals surface area contributed by atoms with Crippen LogP contribution in [0.15, 0.2) is 30.3 Å². The fourth-order valence-corrected chi connectivity index (χ4v) is 3.11. The number of ether oxygens (including phenoxy) is 1. The molecule has 0 spiro atoms. The number of rotatable bonds is 3. The number of piperidine rings is 1. The van der Waals surface area contributed by atoms with Gasteiger partial charge in [-0.15, -0.1) is 0 Å². The molecule has 1 aromatic rings. The number of benzene rings is 1. The predicted molar refractivity (Wildman–Crippen MR) is 89.9 cm³/mol. The van der Waals surface area contributed by atoms with Crippen molar-refractivity contribution in [2.24, 2.45) is 11.7 Å². The number of aliphatic hydroxyl groups is 1. The number of amides is 1. The number of carbonyl (C=O) groups is 1. The topological polar surface area (TPSA) is 75.8 Å². The van der Waals surface area contributed by atoms with Gasteiger partial charge in [0.25, 0.3) is 0 Å². The molecule has 128 valence electrons. The number of hydrogen-bond donors (Lipinski definition) is 2. The summed E-state index contributed by atoms with van der Waals surface area (Å²) in [5, 5.41) is 11.1. The summed E-state index contributed by atoms with van der Waals surface area (Å²) >= 11 is 0. The van der Waals surface area contributed by atoms with E-state index in [-0.39, 0.29) is 18.6 Å². The quantitative estimate of drug-likeness (QED) is 0.897. The summed E-state index contributed by atoms with van der Waals surface area (Å²) in [4.78, 5) is 13.8. The molecule has 23 heavy (non-hydrogen) atoms. The van der Waals surface area contributed by atoms with Gasteiger partial charge in [-0.05, 0) is 45.1 Å². The van der Waals surface area contributed by atoms with Crippen LogP contribution in [0.4, 0.5) is 4.79 Å². The second-order valence-electron chi connectivity index (χ2n) is 7.24. The Morgan fingerprint density at radius 3 is 2.30 bits per heavy atom. The van der Waals surface area contributed by atoms with Crippen LogP contribution < -0.4 is 5.73 Å². The Hall–Kier alpha value is -1.59. The van der Waals surface area contributed by atoms with Gasteiger partial charge in [-0.25, -0.2) is 4.79 Å². The molecule has 3 N–H and O–H groups in total. The van der Waals surface area contributed by atoms with Gasteiger partial charge in [0, 0.05) is 19.6 Å². The molecule has 1 aliphatic rings. The zero-order valence-corrected chi connectivity index (χ0v) is 14.3. The van der Waals surface area contributed by atoms with Gasteiger partial charge in [-0.1, -0.05) is 30.3 Å². The highest BCUT2D eigenvalue weighted by molar-refractivity contribution is 5.68. The third kappa shape index (κ3) is 4.24. The summed E-state index contributed by atoms with van der Waals surface area (Å²) in [6, 6.07) is 9.56. The fourth-order valence-electron chi connectivity index (χ4n) is 3.11. The van der Waals surface area contributed by atoms with Gasteiger partial charge in [-0.3, -0.25) is 0 Å². The predicted octanol–water partition coefficient (Wildman–Crippen LogP) is 2.48. The highest BCUT2D eigenvalue weighted by Crippen LogP contribution is 2.36. The summed E-state index contributed by atoms with van der Waals surface area (Å²) in [6.07, 6.45) is 1.14. The Kier molecular flexibility index (Phi) is 5.32. The second kappa shape index (κ2) is 6.89. The standard InChI is InChI=1S/C18H28N2O3/c1-17(2,3)23-16(21)20-11-9-15(10-12-20)18(22,13-19)14-7-5-4-6-8-14/h4-8,15,22H,9-13,19H2,1-3H3/t18-/m0/s1. The van der Waals surface area contributed by atoms with Crippen LogP contribution in [0.2, 0.25) is 0 Å². The Balaban J connectivity index is 2.02. The third-order valence-electron chi connectivity index (χ3n) is 4.41. The van der Waals surface area contributed by atoms with E-state index in [1.165, 1.54) is 0 Å². The van der Waals surface area contributed by atoms with Crippen LogP contribution in [-0.2, 0) is 10.3 Å². The molecule has 1 saturated heterocycles. The summed E-state index contributed by atoms with van der Waals surface area (Å²) in [5.41, 5.74) is 5.21. The van der Waals surface area contributed by atoms with E-state index in [1.807, 2.05) is 51.1 Å².